The Balaban J connectivity index is 1.16. The third-order valence-electron chi connectivity index (χ3n) is 9.57. The molecule has 51 heavy (non-hydrogen) atoms. The highest BCUT2D eigenvalue weighted by molar-refractivity contribution is 5.74. The summed E-state index contributed by atoms with van der Waals surface area (Å²) in [5.74, 6) is 0. The number of nitrogens with one attached hydrogen (secondary N) is 2. The van der Waals surface area contributed by atoms with E-state index in [1.165, 1.54) is 0 Å². The fourth-order valence-corrected chi connectivity index (χ4v) is 6.44. The van der Waals surface area contributed by atoms with E-state index in [0.29, 0.717) is 26.1 Å². The molecule has 1 aliphatic rings. The van der Waals surface area contributed by atoms with Crippen molar-refractivity contribution in [3.05, 3.63) is 167 Å². The van der Waals surface area contributed by atoms with Gasteiger partial charge in [-0.1, -0.05) is 121 Å². The zero-order valence-corrected chi connectivity index (χ0v) is 29.2. The molecule has 4 N–H and O–H groups in total. The maximum atomic E-state index is 12.5. The molecule has 264 valence electrons. The van der Waals surface area contributed by atoms with Gasteiger partial charge in [0.25, 0.3) is 0 Å². The SMILES string of the molecule is C[C@@H]([C@H](O)c1ccccc1)N(C)C[C@@H]1C[C@H](c2ccc(CO)cc2)O[C@H](c2cccc(-c3cccc(CNC(=O)NCc4ccccc4)c3)c2)O1. The van der Waals surface area contributed by atoms with Gasteiger partial charge in [0, 0.05) is 37.7 Å². The molecule has 1 fully saturated rings. The third-order valence-corrected chi connectivity index (χ3v) is 9.57. The molecule has 5 aromatic carbocycles. The summed E-state index contributed by atoms with van der Waals surface area (Å²) in [6, 6.07) is 43.4. The molecule has 0 saturated carbocycles. The highest BCUT2D eigenvalue weighted by Crippen LogP contribution is 2.39. The first-order valence-electron chi connectivity index (χ1n) is 17.5. The Morgan fingerprint density at radius 3 is 2.08 bits per heavy atom. The molecule has 1 heterocycles. The fraction of sp³-hybridized carbons (Fsp3) is 0.279. The normalized spacial score (nSPS) is 18.6. The van der Waals surface area contributed by atoms with E-state index in [0.717, 1.165) is 44.5 Å². The number of hydrogen-bond acceptors (Lipinski definition) is 6. The number of amides is 2. The van der Waals surface area contributed by atoms with Gasteiger partial charge >= 0.3 is 6.03 Å². The van der Waals surface area contributed by atoms with E-state index in [4.69, 9.17) is 9.47 Å². The first-order chi connectivity index (χ1) is 24.9. The number of urea groups is 1. The van der Waals surface area contributed by atoms with E-state index in [2.05, 4.69) is 39.8 Å². The number of likely N-dealkylation sites (N-methyl/N-ethyl adjacent to an activating group) is 1. The van der Waals surface area contributed by atoms with Crippen molar-refractivity contribution in [2.45, 2.75) is 63.7 Å². The molecule has 1 aliphatic heterocycles. The first kappa shape index (κ1) is 36.0. The molecule has 5 aromatic rings. The Bertz CT molecular complexity index is 1840. The van der Waals surface area contributed by atoms with Gasteiger partial charge in [-0.15, -0.1) is 0 Å². The van der Waals surface area contributed by atoms with Crippen molar-refractivity contribution in [2.24, 2.45) is 0 Å². The minimum Gasteiger partial charge on any atom is -0.392 e. The van der Waals surface area contributed by atoms with Crippen molar-refractivity contribution < 1.29 is 24.5 Å². The maximum Gasteiger partial charge on any atom is 0.315 e. The van der Waals surface area contributed by atoms with Crippen LogP contribution in [0.15, 0.2) is 133 Å². The zero-order valence-electron chi connectivity index (χ0n) is 29.2. The topological polar surface area (TPSA) is 103 Å². The molecule has 0 aromatic heterocycles. The number of hydrogen-bond donors (Lipinski definition) is 4. The van der Waals surface area contributed by atoms with Crippen LogP contribution in [0.4, 0.5) is 4.79 Å². The summed E-state index contributed by atoms with van der Waals surface area (Å²) in [4.78, 5) is 14.6. The summed E-state index contributed by atoms with van der Waals surface area (Å²) in [6.07, 6.45) is -1.02. The number of rotatable bonds is 13. The Morgan fingerprint density at radius 1 is 0.745 bits per heavy atom. The number of carbonyl (C=O) groups is 1. The number of benzene rings is 5. The van der Waals surface area contributed by atoms with Crippen LogP contribution in [0, 0.1) is 0 Å². The molecular formula is C43H47N3O5. The van der Waals surface area contributed by atoms with Crippen LogP contribution >= 0.6 is 0 Å². The average Bonchev–Trinajstić information content (AvgIpc) is 3.19. The molecule has 0 spiro atoms. The van der Waals surface area contributed by atoms with Crippen molar-refractivity contribution in [1.29, 1.82) is 0 Å². The molecule has 8 heteroatoms. The van der Waals surface area contributed by atoms with E-state index < -0.39 is 12.4 Å². The highest BCUT2D eigenvalue weighted by atomic mass is 16.7. The predicted octanol–water partition coefficient (Wildman–Crippen LogP) is 7.44. The molecule has 0 aliphatic carbocycles. The summed E-state index contributed by atoms with van der Waals surface area (Å²) >= 11 is 0. The van der Waals surface area contributed by atoms with Crippen LogP contribution in [-0.4, -0.2) is 46.9 Å². The lowest BCUT2D eigenvalue weighted by Crippen LogP contribution is -2.43. The van der Waals surface area contributed by atoms with Gasteiger partial charge in [-0.05, 0) is 65.0 Å². The van der Waals surface area contributed by atoms with Crippen molar-refractivity contribution in [1.82, 2.24) is 15.5 Å². The van der Waals surface area contributed by atoms with Crippen LogP contribution in [0.3, 0.4) is 0 Å². The fourth-order valence-electron chi connectivity index (χ4n) is 6.44. The van der Waals surface area contributed by atoms with E-state index in [1.807, 2.05) is 123 Å². The van der Waals surface area contributed by atoms with Crippen molar-refractivity contribution in [3.63, 3.8) is 0 Å². The second kappa shape index (κ2) is 17.4. The van der Waals surface area contributed by atoms with Crippen LogP contribution < -0.4 is 10.6 Å². The van der Waals surface area contributed by atoms with E-state index in [1.54, 1.807) is 0 Å². The van der Waals surface area contributed by atoms with Crippen LogP contribution in [-0.2, 0) is 29.2 Å². The lowest BCUT2D eigenvalue weighted by atomic mass is 9.97. The van der Waals surface area contributed by atoms with Crippen molar-refractivity contribution in [3.8, 4) is 11.1 Å². The van der Waals surface area contributed by atoms with E-state index in [-0.39, 0.29) is 30.9 Å². The maximum absolute atomic E-state index is 12.5. The van der Waals surface area contributed by atoms with Crippen LogP contribution in [0.5, 0.6) is 0 Å². The number of ether oxygens (including phenoxy) is 2. The standard InChI is InChI=1S/C43H47N3O5/c1-30(41(48)35-14-7-4-8-15-35)46(2)28-39-25-40(34-21-19-32(29-47)20-22-34)51-42(50-39)38-18-10-17-37(24-38)36-16-9-13-33(23-36)27-45-43(49)44-26-31-11-5-3-6-12-31/h3-24,30,39-42,47-48H,25-29H2,1-2H3,(H2,44,45,49)/t30-,39-,40+,41-,42+/m0/s1. The first-order valence-corrected chi connectivity index (χ1v) is 17.5. The predicted molar refractivity (Wildman–Crippen MR) is 199 cm³/mol. The highest BCUT2D eigenvalue weighted by Gasteiger charge is 2.34. The van der Waals surface area contributed by atoms with Gasteiger partial charge in [0.15, 0.2) is 6.29 Å². The summed E-state index contributed by atoms with van der Waals surface area (Å²) in [7, 11) is 2.02. The molecule has 6 rings (SSSR count). The van der Waals surface area contributed by atoms with Crippen LogP contribution in [0.2, 0.25) is 0 Å². The number of aliphatic hydroxyl groups excluding tert-OH is 2. The van der Waals surface area contributed by atoms with Crippen LogP contribution in [0.25, 0.3) is 11.1 Å². The van der Waals surface area contributed by atoms with E-state index >= 15 is 0 Å². The molecular weight excluding hydrogens is 638 g/mol. The second-order valence-corrected chi connectivity index (χ2v) is 13.2. The monoisotopic (exact) mass is 685 g/mol. The molecule has 5 atom stereocenters. The number of nitrogens with zero attached hydrogens (tertiary/aromatic N) is 1. The van der Waals surface area contributed by atoms with Gasteiger partial charge in [0.1, 0.15) is 0 Å². The Kier molecular flexibility index (Phi) is 12.3. The average molecular weight is 686 g/mol. The molecule has 2 amide bonds. The lowest BCUT2D eigenvalue weighted by molar-refractivity contribution is -0.253. The van der Waals surface area contributed by atoms with Crippen molar-refractivity contribution >= 4 is 6.03 Å². The molecule has 8 nitrogen and oxygen atoms in total. The quantitative estimate of drug-likeness (QED) is 0.103. The van der Waals surface area contributed by atoms with Gasteiger partial charge in [-0.3, -0.25) is 4.90 Å². The van der Waals surface area contributed by atoms with Gasteiger partial charge in [0.2, 0.25) is 0 Å². The molecule has 0 unspecified atom stereocenters. The summed E-state index contributed by atoms with van der Waals surface area (Å²) in [5, 5.41) is 26.6. The molecule has 0 bridgehead atoms. The van der Waals surface area contributed by atoms with Gasteiger partial charge in [-0.25, -0.2) is 4.79 Å². The minimum absolute atomic E-state index is 0.0158. The third kappa shape index (κ3) is 9.70. The Labute approximate surface area is 300 Å². The summed E-state index contributed by atoms with van der Waals surface area (Å²) in [6.45, 7) is 3.48. The van der Waals surface area contributed by atoms with Gasteiger partial charge in [-0.2, -0.15) is 0 Å². The smallest absolute Gasteiger partial charge is 0.315 e. The number of carbonyl (C=O) groups excluding carboxylic acids is 1. The second-order valence-electron chi connectivity index (χ2n) is 13.2. The van der Waals surface area contributed by atoms with Crippen molar-refractivity contribution in [2.75, 3.05) is 13.6 Å². The molecule has 0 radical (unpaired) electrons. The van der Waals surface area contributed by atoms with Gasteiger partial charge in [0.05, 0.1) is 24.9 Å². The van der Waals surface area contributed by atoms with Gasteiger partial charge < -0.3 is 30.3 Å². The Morgan fingerprint density at radius 2 is 1.37 bits per heavy atom. The zero-order chi connectivity index (χ0) is 35.6. The van der Waals surface area contributed by atoms with E-state index in [9.17, 15) is 15.0 Å². The number of aliphatic hydroxyl groups is 2. The largest absolute Gasteiger partial charge is 0.392 e. The van der Waals surface area contributed by atoms with Crippen LogP contribution in [0.1, 0.15) is 65.2 Å². The summed E-state index contributed by atoms with van der Waals surface area (Å²) < 4.78 is 13.3. The minimum atomic E-state index is -0.639. The summed E-state index contributed by atoms with van der Waals surface area (Å²) in [5.41, 5.74) is 7.71. The molecule has 1 saturated heterocycles. The lowest BCUT2D eigenvalue weighted by Gasteiger charge is -2.39. The Hall–Kier alpha value is -4.83.